The standard InChI is InChI=1S/C21H28N4O2/c26-21(22-12-14-24-13-6-11-23-24)20-19(17-7-2-1-3-8-17)25(15-16-27-20)18-9-4-5-10-18/h1-3,6-8,11,13,18-20H,4-5,9-10,12,14-16H2,(H,22,26)/t19-,20+/m0/s1. The van der Waals surface area contributed by atoms with Crippen molar-refractivity contribution in [3.05, 3.63) is 54.4 Å². The van der Waals surface area contributed by atoms with E-state index in [1.807, 2.05) is 35.1 Å². The summed E-state index contributed by atoms with van der Waals surface area (Å²) in [6.07, 6.45) is 8.18. The molecule has 27 heavy (non-hydrogen) atoms. The second kappa shape index (κ2) is 8.67. The molecular weight excluding hydrogens is 340 g/mol. The summed E-state index contributed by atoms with van der Waals surface area (Å²) in [5, 5.41) is 7.23. The Hall–Kier alpha value is -2.18. The van der Waals surface area contributed by atoms with Gasteiger partial charge in [-0.2, -0.15) is 5.10 Å². The van der Waals surface area contributed by atoms with Gasteiger partial charge in [0.2, 0.25) is 0 Å². The van der Waals surface area contributed by atoms with E-state index in [2.05, 4.69) is 27.4 Å². The molecule has 2 fully saturated rings. The van der Waals surface area contributed by atoms with E-state index in [0.29, 0.717) is 25.7 Å². The van der Waals surface area contributed by atoms with E-state index >= 15 is 0 Å². The molecule has 144 valence electrons. The zero-order chi connectivity index (χ0) is 18.5. The van der Waals surface area contributed by atoms with Crippen molar-refractivity contribution in [2.45, 2.75) is 50.4 Å². The van der Waals surface area contributed by atoms with Crippen LogP contribution in [0.2, 0.25) is 0 Å². The van der Waals surface area contributed by atoms with Crippen LogP contribution in [0.25, 0.3) is 0 Å². The van der Waals surface area contributed by atoms with Gasteiger partial charge in [0, 0.05) is 31.5 Å². The molecule has 6 heteroatoms. The number of rotatable bonds is 6. The average molecular weight is 368 g/mol. The van der Waals surface area contributed by atoms with Crippen molar-refractivity contribution in [3.8, 4) is 0 Å². The smallest absolute Gasteiger partial charge is 0.251 e. The van der Waals surface area contributed by atoms with Crippen molar-refractivity contribution >= 4 is 5.91 Å². The normalized spacial score (nSPS) is 24.1. The largest absolute Gasteiger partial charge is 0.365 e. The Balaban J connectivity index is 1.48. The lowest BCUT2D eigenvalue weighted by molar-refractivity contribution is -0.148. The molecule has 1 aliphatic heterocycles. The Kier molecular flexibility index (Phi) is 5.84. The molecule has 0 spiro atoms. The van der Waals surface area contributed by atoms with Crippen LogP contribution in [0.5, 0.6) is 0 Å². The first-order valence-corrected chi connectivity index (χ1v) is 10.0. The number of nitrogens with zero attached hydrogens (tertiary/aromatic N) is 3. The Morgan fingerprint density at radius 3 is 2.74 bits per heavy atom. The summed E-state index contributed by atoms with van der Waals surface area (Å²) in [7, 11) is 0. The molecule has 2 aromatic rings. The minimum atomic E-state index is -0.473. The molecule has 6 nitrogen and oxygen atoms in total. The van der Waals surface area contributed by atoms with Crippen LogP contribution >= 0.6 is 0 Å². The van der Waals surface area contributed by atoms with Crippen LogP contribution in [-0.4, -0.2) is 52.4 Å². The lowest BCUT2D eigenvalue weighted by Gasteiger charge is -2.44. The van der Waals surface area contributed by atoms with E-state index < -0.39 is 6.10 Å². The number of hydrogen-bond acceptors (Lipinski definition) is 4. The second-order valence-electron chi connectivity index (χ2n) is 7.38. The third-order valence-corrected chi connectivity index (χ3v) is 5.68. The summed E-state index contributed by atoms with van der Waals surface area (Å²) in [6, 6.07) is 12.8. The molecular formula is C21H28N4O2. The van der Waals surface area contributed by atoms with E-state index in [-0.39, 0.29) is 11.9 Å². The molecule has 1 aromatic carbocycles. The quantitative estimate of drug-likeness (QED) is 0.851. The first kappa shape index (κ1) is 18.2. The number of ether oxygens (including phenoxy) is 1. The van der Waals surface area contributed by atoms with Gasteiger partial charge in [0.25, 0.3) is 5.91 Å². The Bertz CT molecular complexity index is 713. The van der Waals surface area contributed by atoms with Crippen molar-refractivity contribution in [1.82, 2.24) is 20.0 Å². The first-order chi connectivity index (χ1) is 13.3. The molecule has 1 saturated heterocycles. The average Bonchev–Trinajstić information content (AvgIpc) is 3.42. The molecule has 1 amide bonds. The van der Waals surface area contributed by atoms with Crippen LogP contribution in [0.3, 0.4) is 0 Å². The number of benzene rings is 1. The fourth-order valence-electron chi connectivity index (χ4n) is 4.40. The topological polar surface area (TPSA) is 59.4 Å². The highest BCUT2D eigenvalue weighted by Gasteiger charge is 2.41. The fourth-order valence-corrected chi connectivity index (χ4v) is 4.40. The summed E-state index contributed by atoms with van der Waals surface area (Å²) in [4.78, 5) is 15.5. The summed E-state index contributed by atoms with van der Waals surface area (Å²) < 4.78 is 7.83. The van der Waals surface area contributed by atoms with Gasteiger partial charge in [-0.05, 0) is 24.5 Å². The maximum Gasteiger partial charge on any atom is 0.251 e. The van der Waals surface area contributed by atoms with E-state index in [9.17, 15) is 4.79 Å². The van der Waals surface area contributed by atoms with E-state index in [0.717, 1.165) is 12.1 Å². The number of carbonyl (C=O) groups is 1. The molecule has 0 bridgehead atoms. The van der Waals surface area contributed by atoms with E-state index in [4.69, 9.17) is 4.74 Å². The SMILES string of the molecule is O=C(NCCn1cccn1)[C@@H]1OCCN(C2CCCC2)[C@H]1c1ccccc1. The highest BCUT2D eigenvalue weighted by atomic mass is 16.5. The lowest BCUT2D eigenvalue weighted by Crippen LogP contribution is -2.54. The third-order valence-electron chi connectivity index (χ3n) is 5.68. The first-order valence-electron chi connectivity index (χ1n) is 10.0. The van der Waals surface area contributed by atoms with Crippen molar-refractivity contribution in [2.24, 2.45) is 0 Å². The number of aromatic nitrogens is 2. The molecule has 4 rings (SSSR count). The van der Waals surface area contributed by atoms with Gasteiger partial charge in [-0.15, -0.1) is 0 Å². The van der Waals surface area contributed by atoms with Crippen LogP contribution in [-0.2, 0) is 16.1 Å². The highest BCUT2D eigenvalue weighted by molar-refractivity contribution is 5.82. The minimum absolute atomic E-state index is 0.0206. The predicted molar refractivity (Wildman–Crippen MR) is 103 cm³/mol. The van der Waals surface area contributed by atoms with Gasteiger partial charge in [-0.3, -0.25) is 14.4 Å². The Morgan fingerprint density at radius 1 is 1.19 bits per heavy atom. The zero-order valence-corrected chi connectivity index (χ0v) is 15.7. The van der Waals surface area contributed by atoms with Crippen molar-refractivity contribution in [2.75, 3.05) is 19.7 Å². The number of morpholine rings is 1. The minimum Gasteiger partial charge on any atom is -0.365 e. The Labute approximate surface area is 160 Å². The number of carbonyl (C=O) groups excluding carboxylic acids is 1. The van der Waals surface area contributed by atoms with Crippen molar-refractivity contribution in [3.63, 3.8) is 0 Å². The molecule has 1 saturated carbocycles. The van der Waals surface area contributed by atoms with Gasteiger partial charge in [0.05, 0.1) is 19.2 Å². The van der Waals surface area contributed by atoms with Gasteiger partial charge in [-0.25, -0.2) is 0 Å². The molecule has 1 N–H and O–H groups in total. The second-order valence-corrected chi connectivity index (χ2v) is 7.38. The molecule has 1 aromatic heterocycles. The summed E-state index contributed by atoms with van der Waals surface area (Å²) in [5.41, 5.74) is 1.16. The van der Waals surface area contributed by atoms with E-state index in [1.165, 1.54) is 25.7 Å². The maximum atomic E-state index is 13.0. The zero-order valence-electron chi connectivity index (χ0n) is 15.7. The van der Waals surface area contributed by atoms with Crippen LogP contribution in [0.4, 0.5) is 0 Å². The number of hydrogen-bond donors (Lipinski definition) is 1. The van der Waals surface area contributed by atoms with Crippen molar-refractivity contribution in [1.29, 1.82) is 0 Å². The number of nitrogens with one attached hydrogen (secondary N) is 1. The van der Waals surface area contributed by atoms with Crippen LogP contribution in [0.15, 0.2) is 48.8 Å². The van der Waals surface area contributed by atoms with Crippen molar-refractivity contribution < 1.29 is 9.53 Å². The highest BCUT2D eigenvalue weighted by Crippen LogP contribution is 2.36. The summed E-state index contributed by atoms with van der Waals surface area (Å²) in [6.45, 7) is 2.71. The monoisotopic (exact) mass is 368 g/mol. The van der Waals surface area contributed by atoms with Crippen LogP contribution in [0.1, 0.15) is 37.3 Å². The van der Waals surface area contributed by atoms with Crippen LogP contribution < -0.4 is 5.32 Å². The van der Waals surface area contributed by atoms with Crippen LogP contribution in [0, 0.1) is 0 Å². The Morgan fingerprint density at radius 2 is 2.00 bits per heavy atom. The van der Waals surface area contributed by atoms with Gasteiger partial charge in [0.1, 0.15) is 0 Å². The van der Waals surface area contributed by atoms with Gasteiger partial charge in [-0.1, -0.05) is 43.2 Å². The molecule has 2 aliphatic rings. The maximum absolute atomic E-state index is 13.0. The molecule has 0 unspecified atom stereocenters. The van der Waals surface area contributed by atoms with Gasteiger partial charge >= 0.3 is 0 Å². The third kappa shape index (κ3) is 4.22. The van der Waals surface area contributed by atoms with E-state index in [1.54, 1.807) is 6.20 Å². The fraction of sp³-hybridized carbons (Fsp3) is 0.524. The molecule has 0 radical (unpaired) electrons. The lowest BCUT2D eigenvalue weighted by atomic mass is 9.95. The molecule has 1 aliphatic carbocycles. The summed E-state index contributed by atoms with van der Waals surface area (Å²) >= 11 is 0. The number of amides is 1. The predicted octanol–water partition coefficient (Wildman–Crippen LogP) is 2.38. The summed E-state index contributed by atoms with van der Waals surface area (Å²) in [5.74, 6) is -0.0290. The molecule has 2 heterocycles. The van der Waals surface area contributed by atoms with Gasteiger partial charge in [0.15, 0.2) is 6.10 Å². The molecule has 2 atom stereocenters. The van der Waals surface area contributed by atoms with Gasteiger partial charge < -0.3 is 10.1 Å².